The Bertz CT molecular complexity index is 597. The first-order chi connectivity index (χ1) is 9.65. The highest BCUT2D eigenvalue weighted by molar-refractivity contribution is 6.31. The van der Waals surface area contributed by atoms with Crippen molar-refractivity contribution in [3.8, 4) is 0 Å². The molecule has 2 aromatic rings. The minimum Gasteiger partial charge on any atom is -0.467 e. The van der Waals surface area contributed by atoms with Crippen molar-refractivity contribution >= 4 is 23.3 Å². The average Bonchev–Trinajstić information content (AvgIpc) is 2.97. The first-order valence-electron chi connectivity index (χ1n) is 6.15. The molecule has 0 bridgehead atoms. The van der Waals surface area contributed by atoms with Gasteiger partial charge in [-0.15, -0.1) is 0 Å². The highest BCUT2D eigenvalue weighted by Crippen LogP contribution is 2.27. The summed E-state index contributed by atoms with van der Waals surface area (Å²) in [6.45, 7) is 2.38. The molecule has 1 aromatic carbocycles. The van der Waals surface area contributed by atoms with Gasteiger partial charge in [0.05, 0.1) is 24.1 Å². The zero-order valence-corrected chi connectivity index (χ0v) is 11.7. The van der Waals surface area contributed by atoms with E-state index in [0.29, 0.717) is 29.2 Å². The summed E-state index contributed by atoms with van der Waals surface area (Å²) >= 11 is 6.16. The Hall–Kier alpha value is -1.98. The predicted molar refractivity (Wildman–Crippen MR) is 76.5 cm³/mol. The zero-order chi connectivity index (χ0) is 14.5. The maximum absolute atomic E-state index is 11.7. The van der Waals surface area contributed by atoms with Gasteiger partial charge in [-0.2, -0.15) is 5.90 Å². The molecule has 0 saturated carbocycles. The van der Waals surface area contributed by atoms with Gasteiger partial charge in [0, 0.05) is 5.02 Å². The van der Waals surface area contributed by atoms with Gasteiger partial charge < -0.3 is 14.6 Å². The Labute approximate surface area is 121 Å². The third-order valence-electron chi connectivity index (χ3n) is 2.93. The van der Waals surface area contributed by atoms with Crippen molar-refractivity contribution in [3.63, 3.8) is 0 Å². The molecule has 0 aliphatic rings. The first kappa shape index (κ1) is 14.4. The molecule has 2 rings (SSSR count). The molecule has 0 aliphatic carbocycles. The van der Waals surface area contributed by atoms with E-state index in [1.54, 1.807) is 24.5 Å². The lowest BCUT2D eigenvalue weighted by molar-refractivity contribution is 0.0504. The minimum absolute atomic E-state index is 0.348. The molecule has 1 aromatic heterocycles. The van der Waals surface area contributed by atoms with Crippen LogP contribution in [0.5, 0.6) is 0 Å². The van der Waals surface area contributed by atoms with Crippen LogP contribution in [0.3, 0.4) is 0 Å². The summed E-state index contributed by atoms with van der Waals surface area (Å²) in [6, 6.07) is 6.99. The van der Waals surface area contributed by atoms with E-state index in [0.717, 1.165) is 11.3 Å². The van der Waals surface area contributed by atoms with Crippen molar-refractivity contribution in [2.75, 3.05) is 5.32 Å². The summed E-state index contributed by atoms with van der Waals surface area (Å²) in [5.74, 6) is 5.10. The summed E-state index contributed by atoms with van der Waals surface area (Å²) in [6.07, 6.45) is 2.29. The maximum atomic E-state index is 11.7. The molecule has 0 spiro atoms. The second-order valence-corrected chi connectivity index (χ2v) is 4.59. The monoisotopic (exact) mass is 294 g/mol. The summed E-state index contributed by atoms with van der Waals surface area (Å²) in [7, 11) is 0. The Morgan fingerprint density at radius 3 is 2.90 bits per heavy atom. The highest BCUT2D eigenvalue weighted by Gasteiger charge is 2.15. The molecule has 5 nitrogen and oxygen atoms in total. The van der Waals surface area contributed by atoms with Crippen molar-refractivity contribution < 1.29 is 14.0 Å². The number of rotatable bonds is 5. The van der Waals surface area contributed by atoms with Crippen LogP contribution >= 0.6 is 11.6 Å². The Morgan fingerprint density at radius 2 is 2.30 bits per heavy atom. The molecule has 0 aliphatic heterocycles. The minimum atomic E-state index is -0.613. The largest absolute Gasteiger partial charge is 0.467 e. The molecule has 0 saturated heterocycles. The standard InChI is InChI=1S/C14H15ClN2O3/c1-2-9-6-11(14(18)20-16)13(7-12(9)15)17-8-10-4-3-5-19-10/h3-7,17H,2,8,16H2,1H3. The van der Waals surface area contributed by atoms with Crippen LogP contribution < -0.4 is 11.2 Å². The SMILES string of the molecule is CCc1cc(C(=O)ON)c(NCc2ccco2)cc1Cl. The molecule has 0 unspecified atom stereocenters. The van der Waals surface area contributed by atoms with E-state index in [-0.39, 0.29) is 0 Å². The Morgan fingerprint density at radius 1 is 1.50 bits per heavy atom. The van der Waals surface area contributed by atoms with Crippen LogP contribution in [-0.4, -0.2) is 5.97 Å². The van der Waals surface area contributed by atoms with Crippen LogP contribution in [0.4, 0.5) is 5.69 Å². The topological polar surface area (TPSA) is 77.5 Å². The van der Waals surface area contributed by atoms with Crippen LogP contribution in [-0.2, 0) is 17.8 Å². The zero-order valence-electron chi connectivity index (χ0n) is 11.0. The normalized spacial score (nSPS) is 10.3. The van der Waals surface area contributed by atoms with Crippen LogP contribution in [0.15, 0.2) is 34.9 Å². The second kappa shape index (κ2) is 6.45. The van der Waals surface area contributed by atoms with Gasteiger partial charge in [-0.3, -0.25) is 0 Å². The number of hydrogen-bond acceptors (Lipinski definition) is 5. The summed E-state index contributed by atoms with van der Waals surface area (Å²) < 4.78 is 5.22. The van der Waals surface area contributed by atoms with Crippen LogP contribution in [0.25, 0.3) is 0 Å². The molecule has 20 heavy (non-hydrogen) atoms. The molecule has 1 heterocycles. The van der Waals surface area contributed by atoms with Gasteiger partial charge in [0.1, 0.15) is 5.76 Å². The molecule has 6 heteroatoms. The highest BCUT2D eigenvalue weighted by atomic mass is 35.5. The van der Waals surface area contributed by atoms with Gasteiger partial charge in [-0.1, -0.05) is 18.5 Å². The predicted octanol–water partition coefficient (Wildman–Crippen LogP) is 3.14. The molecule has 3 N–H and O–H groups in total. The lowest BCUT2D eigenvalue weighted by atomic mass is 10.1. The lowest BCUT2D eigenvalue weighted by Crippen LogP contribution is -2.14. The van der Waals surface area contributed by atoms with Gasteiger partial charge in [0.15, 0.2) is 0 Å². The van der Waals surface area contributed by atoms with E-state index in [2.05, 4.69) is 10.2 Å². The summed E-state index contributed by atoms with van der Waals surface area (Å²) in [5.41, 5.74) is 1.76. The Balaban J connectivity index is 2.29. The lowest BCUT2D eigenvalue weighted by Gasteiger charge is -2.12. The number of anilines is 1. The number of carbonyl (C=O) groups excluding carboxylic acids is 1. The molecular formula is C14H15ClN2O3. The van der Waals surface area contributed by atoms with Gasteiger partial charge in [0.2, 0.25) is 0 Å². The summed E-state index contributed by atoms with van der Waals surface area (Å²) in [4.78, 5) is 16.0. The third-order valence-corrected chi connectivity index (χ3v) is 3.28. The fourth-order valence-corrected chi connectivity index (χ4v) is 2.16. The fourth-order valence-electron chi connectivity index (χ4n) is 1.86. The van der Waals surface area contributed by atoms with Crippen molar-refractivity contribution in [1.82, 2.24) is 0 Å². The van der Waals surface area contributed by atoms with Crippen LogP contribution in [0.1, 0.15) is 28.6 Å². The van der Waals surface area contributed by atoms with E-state index in [9.17, 15) is 4.79 Å². The number of aryl methyl sites for hydroxylation is 1. The van der Waals surface area contributed by atoms with Gasteiger partial charge >= 0.3 is 5.97 Å². The van der Waals surface area contributed by atoms with Gasteiger partial charge in [-0.05, 0) is 36.2 Å². The number of nitrogens with two attached hydrogens (primary N) is 1. The van der Waals surface area contributed by atoms with Crippen molar-refractivity contribution in [3.05, 3.63) is 52.4 Å². The second-order valence-electron chi connectivity index (χ2n) is 4.18. The first-order valence-corrected chi connectivity index (χ1v) is 6.53. The molecule has 0 atom stereocenters. The molecule has 0 fully saturated rings. The van der Waals surface area contributed by atoms with E-state index in [4.69, 9.17) is 21.9 Å². The quantitative estimate of drug-likeness (QED) is 0.828. The fraction of sp³-hybridized carbons (Fsp3) is 0.214. The summed E-state index contributed by atoms with van der Waals surface area (Å²) in [5, 5.41) is 3.67. The smallest absolute Gasteiger partial charge is 0.358 e. The average molecular weight is 295 g/mol. The maximum Gasteiger partial charge on any atom is 0.358 e. The van der Waals surface area contributed by atoms with Crippen molar-refractivity contribution in [1.29, 1.82) is 0 Å². The van der Waals surface area contributed by atoms with Crippen molar-refractivity contribution in [2.45, 2.75) is 19.9 Å². The molecule has 0 amide bonds. The van der Waals surface area contributed by atoms with E-state index < -0.39 is 5.97 Å². The van der Waals surface area contributed by atoms with Crippen molar-refractivity contribution in [2.24, 2.45) is 5.90 Å². The number of furan rings is 1. The number of nitrogens with one attached hydrogen (secondary N) is 1. The molecular weight excluding hydrogens is 280 g/mol. The molecule has 0 radical (unpaired) electrons. The number of halogens is 1. The number of benzene rings is 1. The van der Waals surface area contributed by atoms with Crippen LogP contribution in [0, 0.1) is 0 Å². The van der Waals surface area contributed by atoms with E-state index in [1.807, 2.05) is 13.0 Å². The van der Waals surface area contributed by atoms with Gasteiger partial charge in [-0.25, -0.2) is 4.79 Å². The number of carbonyl (C=O) groups is 1. The van der Waals surface area contributed by atoms with E-state index >= 15 is 0 Å². The van der Waals surface area contributed by atoms with Crippen LogP contribution in [0.2, 0.25) is 5.02 Å². The third kappa shape index (κ3) is 3.12. The van der Waals surface area contributed by atoms with Gasteiger partial charge in [0.25, 0.3) is 0 Å². The molecule has 106 valence electrons. The van der Waals surface area contributed by atoms with E-state index in [1.165, 1.54) is 0 Å². The Kier molecular flexibility index (Phi) is 4.65. The number of hydrogen-bond donors (Lipinski definition) is 2.